The predicted octanol–water partition coefficient (Wildman–Crippen LogP) is 4.29. The molecule has 3 aromatic rings. The molecule has 2 aromatic carbocycles. The molecular formula is C28H31N5O. The van der Waals surface area contributed by atoms with Crippen molar-refractivity contribution in [3.05, 3.63) is 83.8 Å². The number of allylic oxidation sites excluding steroid dienone is 1. The standard InChI is InChI=1S/C28H31N5O/c1-19-7-9-23-26(19)27(32-18-31-23)33-17-28(11-13-30-14-12-28)22-15-21(8-10-24(22)33)34-25(16-29)20-5-3-2-4-6-20/h2-6,8,10,15,18,25,30H,1,7,9,11-14,16-17,29H2. The molecule has 174 valence electrons. The number of anilines is 2. The van der Waals surface area contributed by atoms with Gasteiger partial charge in [0.1, 0.15) is 24.0 Å². The second-order valence-corrected chi connectivity index (χ2v) is 9.67. The smallest absolute Gasteiger partial charge is 0.144 e. The molecule has 34 heavy (non-hydrogen) atoms. The van der Waals surface area contributed by atoms with E-state index in [1.165, 1.54) is 11.3 Å². The van der Waals surface area contributed by atoms with Crippen molar-refractivity contribution in [1.29, 1.82) is 0 Å². The molecule has 0 radical (unpaired) electrons. The number of aryl methyl sites for hydroxylation is 1. The van der Waals surface area contributed by atoms with Gasteiger partial charge < -0.3 is 20.7 Å². The molecule has 6 nitrogen and oxygen atoms in total. The van der Waals surface area contributed by atoms with Crippen molar-refractivity contribution < 1.29 is 4.74 Å². The van der Waals surface area contributed by atoms with E-state index in [0.29, 0.717) is 6.54 Å². The number of benzene rings is 2. The van der Waals surface area contributed by atoms with Gasteiger partial charge in [0.05, 0.1) is 5.69 Å². The second-order valence-electron chi connectivity index (χ2n) is 9.67. The summed E-state index contributed by atoms with van der Waals surface area (Å²) in [7, 11) is 0. The van der Waals surface area contributed by atoms with E-state index in [1.54, 1.807) is 6.33 Å². The molecule has 1 unspecified atom stereocenters. The zero-order valence-electron chi connectivity index (χ0n) is 19.5. The van der Waals surface area contributed by atoms with Crippen molar-refractivity contribution in [2.45, 2.75) is 37.2 Å². The van der Waals surface area contributed by atoms with Crippen LogP contribution < -0.4 is 20.7 Å². The van der Waals surface area contributed by atoms with Crippen molar-refractivity contribution >= 4 is 17.1 Å². The van der Waals surface area contributed by atoms with Gasteiger partial charge >= 0.3 is 0 Å². The summed E-state index contributed by atoms with van der Waals surface area (Å²) in [6.45, 7) is 7.70. The molecule has 0 bridgehead atoms. The van der Waals surface area contributed by atoms with Gasteiger partial charge in [0.2, 0.25) is 0 Å². The molecule has 1 atom stereocenters. The number of piperidine rings is 1. The van der Waals surface area contributed by atoms with Crippen LogP contribution in [0, 0.1) is 0 Å². The topological polar surface area (TPSA) is 76.3 Å². The predicted molar refractivity (Wildman–Crippen MR) is 135 cm³/mol. The summed E-state index contributed by atoms with van der Waals surface area (Å²) in [4.78, 5) is 11.7. The molecule has 0 amide bonds. The van der Waals surface area contributed by atoms with Gasteiger partial charge in [-0.25, -0.2) is 9.97 Å². The minimum Gasteiger partial charge on any atom is -0.484 e. The number of aromatic nitrogens is 2. The van der Waals surface area contributed by atoms with Gasteiger partial charge in [-0.2, -0.15) is 0 Å². The van der Waals surface area contributed by atoms with Gasteiger partial charge in [-0.3, -0.25) is 0 Å². The third-order valence-corrected chi connectivity index (χ3v) is 7.69. The van der Waals surface area contributed by atoms with Crippen molar-refractivity contribution in [1.82, 2.24) is 15.3 Å². The summed E-state index contributed by atoms with van der Waals surface area (Å²) in [6.07, 6.45) is 5.63. The monoisotopic (exact) mass is 453 g/mol. The lowest BCUT2D eigenvalue weighted by Crippen LogP contribution is -2.42. The Labute approximate surface area is 200 Å². The summed E-state index contributed by atoms with van der Waals surface area (Å²) < 4.78 is 6.44. The minimum absolute atomic E-state index is 0.0721. The third kappa shape index (κ3) is 3.49. The minimum atomic E-state index is -0.172. The molecule has 6 heteroatoms. The summed E-state index contributed by atoms with van der Waals surface area (Å²) in [5.74, 6) is 1.87. The van der Waals surface area contributed by atoms with E-state index in [1.807, 2.05) is 18.2 Å². The highest BCUT2D eigenvalue weighted by Crippen LogP contribution is 2.51. The van der Waals surface area contributed by atoms with Gasteiger partial charge in [-0.05, 0) is 73.7 Å². The van der Waals surface area contributed by atoms with Crippen molar-refractivity contribution in [2.24, 2.45) is 5.73 Å². The SMILES string of the molecule is C=C1CCc2ncnc(N3CC4(CCNCC4)c4cc(OC(CN)c5ccccc5)ccc43)c21. The number of rotatable bonds is 5. The van der Waals surface area contributed by atoms with Crippen molar-refractivity contribution in [3.8, 4) is 5.75 Å². The number of ether oxygens (including phenoxy) is 1. The Kier molecular flexibility index (Phi) is 5.35. The highest BCUT2D eigenvalue weighted by Gasteiger charge is 2.45. The van der Waals surface area contributed by atoms with E-state index < -0.39 is 0 Å². The van der Waals surface area contributed by atoms with Crippen molar-refractivity contribution in [2.75, 3.05) is 31.1 Å². The molecule has 3 heterocycles. The summed E-state index contributed by atoms with van der Waals surface area (Å²) in [6, 6.07) is 16.7. The first-order chi connectivity index (χ1) is 16.7. The lowest BCUT2D eigenvalue weighted by Gasteiger charge is -2.35. The van der Waals surface area contributed by atoms with E-state index in [0.717, 1.165) is 79.3 Å². The van der Waals surface area contributed by atoms with Crippen LogP contribution in [0.2, 0.25) is 0 Å². The van der Waals surface area contributed by atoms with E-state index in [4.69, 9.17) is 15.5 Å². The highest BCUT2D eigenvalue weighted by atomic mass is 16.5. The molecule has 6 rings (SSSR count). The third-order valence-electron chi connectivity index (χ3n) is 7.69. The maximum absolute atomic E-state index is 6.44. The first-order valence-electron chi connectivity index (χ1n) is 12.2. The Morgan fingerprint density at radius 3 is 2.71 bits per heavy atom. The number of nitrogens with one attached hydrogen (secondary N) is 1. The van der Waals surface area contributed by atoms with Crippen LogP contribution in [0.15, 0.2) is 61.4 Å². The lowest BCUT2D eigenvalue weighted by atomic mass is 9.75. The van der Waals surface area contributed by atoms with Gasteiger partial charge in [0, 0.05) is 29.8 Å². The van der Waals surface area contributed by atoms with Crippen LogP contribution >= 0.6 is 0 Å². The fourth-order valence-corrected chi connectivity index (χ4v) is 5.89. The van der Waals surface area contributed by atoms with E-state index in [9.17, 15) is 0 Å². The maximum atomic E-state index is 6.44. The van der Waals surface area contributed by atoms with Crippen LogP contribution in [0.1, 0.15) is 47.8 Å². The number of fused-ring (bicyclic) bond motifs is 3. The molecule has 1 aliphatic carbocycles. The van der Waals surface area contributed by atoms with Gasteiger partial charge in [0.15, 0.2) is 0 Å². The average Bonchev–Trinajstić information content (AvgIpc) is 3.41. The van der Waals surface area contributed by atoms with E-state index in [-0.39, 0.29) is 11.5 Å². The second kappa shape index (κ2) is 8.53. The van der Waals surface area contributed by atoms with Crippen LogP contribution in [0.25, 0.3) is 5.57 Å². The zero-order chi connectivity index (χ0) is 23.1. The van der Waals surface area contributed by atoms with Gasteiger partial charge in [-0.1, -0.05) is 36.9 Å². The Bertz CT molecular complexity index is 1220. The first kappa shape index (κ1) is 21.3. The molecule has 1 saturated heterocycles. The number of hydrogen-bond acceptors (Lipinski definition) is 6. The van der Waals surface area contributed by atoms with Crippen LogP contribution in [0.3, 0.4) is 0 Å². The zero-order valence-corrected chi connectivity index (χ0v) is 19.5. The normalized spacial score (nSPS) is 19.2. The molecule has 1 fully saturated rings. The van der Waals surface area contributed by atoms with E-state index >= 15 is 0 Å². The molecule has 0 saturated carbocycles. The van der Waals surface area contributed by atoms with Crippen LogP contribution in [0.5, 0.6) is 5.75 Å². The molecule has 3 N–H and O–H groups in total. The van der Waals surface area contributed by atoms with Crippen LogP contribution in [0.4, 0.5) is 11.5 Å². The molecular weight excluding hydrogens is 422 g/mol. The lowest BCUT2D eigenvalue weighted by molar-refractivity contribution is 0.213. The highest BCUT2D eigenvalue weighted by molar-refractivity contribution is 5.83. The largest absolute Gasteiger partial charge is 0.484 e. The fourth-order valence-electron chi connectivity index (χ4n) is 5.89. The average molecular weight is 454 g/mol. The van der Waals surface area contributed by atoms with Crippen LogP contribution in [-0.2, 0) is 11.8 Å². The number of nitrogens with two attached hydrogens (primary N) is 1. The quantitative estimate of drug-likeness (QED) is 0.600. The summed E-state index contributed by atoms with van der Waals surface area (Å²) in [5.41, 5.74) is 13.3. The first-order valence-corrected chi connectivity index (χ1v) is 12.2. The number of hydrogen-bond donors (Lipinski definition) is 2. The summed E-state index contributed by atoms with van der Waals surface area (Å²) in [5, 5.41) is 3.54. The Morgan fingerprint density at radius 2 is 1.91 bits per heavy atom. The number of nitrogens with zero attached hydrogens (tertiary/aromatic N) is 3. The van der Waals surface area contributed by atoms with Crippen LogP contribution in [-0.4, -0.2) is 36.1 Å². The molecule has 1 aromatic heterocycles. The van der Waals surface area contributed by atoms with Gasteiger partial charge in [0.25, 0.3) is 0 Å². The van der Waals surface area contributed by atoms with Crippen molar-refractivity contribution in [3.63, 3.8) is 0 Å². The Balaban J connectivity index is 1.40. The Hall–Kier alpha value is -3.22. The van der Waals surface area contributed by atoms with Gasteiger partial charge in [-0.15, -0.1) is 0 Å². The molecule has 2 aliphatic heterocycles. The Morgan fingerprint density at radius 1 is 1.09 bits per heavy atom. The molecule has 3 aliphatic rings. The maximum Gasteiger partial charge on any atom is 0.144 e. The fraction of sp³-hybridized carbons (Fsp3) is 0.357. The van der Waals surface area contributed by atoms with E-state index in [2.05, 4.69) is 52.1 Å². The summed E-state index contributed by atoms with van der Waals surface area (Å²) >= 11 is 0. The molecule has 1 spiro atoms.